The van der Waals surface area contributed by atoms with E-state index in [0.717, 1.165) is 5.56 Å². The molecule has 0 saturated carbocycles. The number of aromatic amines is 1. The summed E-state index contributed by atoms with van der Waals surface area (Å²) < 4.78 is 0. The highest BCUT2D eigenvalue weighted by atomic mass is 32.1. The fourth-order valence-electron chi connectivity index (χ4n) is 1.33. The number of nitrogens with two attached hydrogens (primary N) is 1. The maximum atomic E-state index is 11.7. The first-order valence-corrected chi connectivity index (χ1v) is 6.16. The molecule has 17 heavy (non-hydrogen) atoms. The Hall–Kier alpha value is -1.73. The number of carbonyl (C=O) groups is 1. The highest BCUT2D eigenvalue weighted by Crippen LogP contribution is 2.12. The maximum Gasteiger partial charge on any atom is 0.229 e. The fourth-order valence-corrected chi connectivity index (χ4v) is 2.15. The summed E-state index contributed by atoms with van der Waals surface area (Å²) in [6.07, 6.45) is 1.81. The molecule has 2 aromatic rings. The molecule has 2 heterocycles. The van der Waals surface area contributed by atoms with Crippen LogP contribution in [0.5, 0.6) is 0 Å². The van der Waals surface area contributed by atoms with Gasteiger partial charge >= 0.3 is 0 Å². The van der Waals surface area contributed by atoms with E-state index < -0.39 is 0 Å². The van der Waals surface area contributed by atoms with Gasteiger partial charge in [0.05, 0.1) is 18.2 Å². The van der Waals surface area contributed by atoms with E-state index in [1.807, 2.05) is 16.8 Å². The van der Waals surface area contributed by atoms with Crippen molar-refractivity contribution in [3.63, 3.8) is 0 Å². The smallest absolute Gasteiger partial charge is 0.229 e. The predicted molar refractivity (Wildman–Crippen MR) is 71.1 cm³/mol. The van der Waals surface area contributed by atoms with Crippen molar-refractivity contribution in [1.29, 1.82) is 0 Å². The van der Waals surface area contributed by atoms with Crippen molar-refractivity contribution < 1.29 is 4.79 Å². The van der Waals surface area contributed by atoms with Gasteiger partial charge in [-0.2, -0.15) is 16.4 Å². The molecule has 0 radical (unpaired) electrons. The first-order valence-electron chi connectivity index (χ1n) is 4.81. The number of anilines is 1. The summed E-state index contributed by atoms with van der Waals surface area (Å²) in [6.45, 7) is 0. The molecule has 0 aliphatic rings. The van der Waals surface area contributed by atoms with E-state index in [4.69, 9.17) is 18.0 Å². The lowest BCUT2D eigenvalue weighted by molar-refractivity contribution is -0.115. The van der Waals surface area contributed by atoms with Crippen molar-refractivity contribution in [3.8, 4) is 0 Å². The summed E-state index contributed by atoms with van der Waals surface area (Å²) >= 11 is 6.40. The van der Waals surface area contributed by atoms with E-state index in [9.17, 15) is 4.79 Å². The van der Waals surface area contributed by atoms with Crippen LogP contribution in [-0.2, 0) is 11.2 Å². The second-order valence-corrected chi connectivity index (χ2v) is 4.60. The summed E-state index contributed by atoms with van der Waals surface area (Å²) in [7, 11) is 0. The molecule has 0 saturated heterocycles. The van der Waals surface area contributed by atoms with Crippen LogP contribution in [0.4, 0.5) is 5.82 Å². The Bertz CT molecular complexity index is 532. The molecular formula is C10H10N4OS2. The van der Waals surface area contributed by atoms with Gasteiger partial charge in [0.25, 0.3) is 0 Å². The number of thiocarbonyl (C=S) groups is 1. The zero-order valence-corrected chi connectivity index (χ0v) is 10.4. The Labute approximate surface area is 107 Å². The third-order valence-corrected chi connectivity index (χ3v) is 3.07. The standard InChI is InChI=1S/C10H10N4OS2/c11-9(16)7-4-12-14-10(7)13-8(15)3-6-1-2-17-5-6/h1-2,4-5H,3H2,(H2,11,16)(H2,12,13,14,15). The minimum Gasteiger partial charge on any atom is -0.389 e. The van der Waals surface area contributed by atoms with Crippen LogP contribution in [0.25, 0.3) is 0 Å². The van der Waals surface area contributed by atoms with Gasteiger partial charge in [-0.05, 0) is 22.4 Å². The average Bonchev–Trinajstić information content (AvgIpc) is 2.88. The first-order chi connectivity index (χ1) is 8.16. The number of hydrogen-bond acceptors (Lipinski definition) is 4. The minimum atomic E-state index is -0.134. The monoisotopic (exact) mass is 266 g/mol. The van der Waals surface area contributed by atoms with Crippen molar-refractivity contribution in [2.75, 3.05) is 5.32 Å². The van der Waals surface area contributed by atoms with E-state index in [2.05, 4.69) is 15.5 Å². The fraction of sp³-hybridized carbons (Fsp3) is 0.100. The number of nitrogens with zero attached hydrogens (tertiary/aromatic N) is 1. The average molecular weight is 266 g/mol. The third kappa shape index (κ3) is 2.89. The SMILES string of the molecule is NC(=S)c1cn[nH]c1NC(=O)Cc1ccsc1. The van der Waals surface area contributed by atoms with E-state index >= 15 is 0 Å². The van der Waals surface area contributed by atoms with E-state index in [0.29, 0.717) is 17.8 Å². The van der Waals surface area contributed by atoms with Gasteiger partial charge in [0.1, 0.15) is 10.8 Å². The quantitative estimate of drug-likeness (QED) is 0.728. The molecule has 0 atom stereocenters. The number of thiophene rings is 1. The highest BCUT2D eigenvalue weighted by molar-refractivity contribution is 7.80. The van der Waals surface area contributed by atoms with Crippen LogP contribution in [0.2, 0.25) is 0 Å². The van der Waals surface area contributed by atoms with Gasteiger partial charge in [0, 0.05) is 0 Å². The zero-order valence-electron chi connectivity index (χ0n) is 8.77. The molecule has 7 heteroatoms. The summed E-state index contributed by atoms with van der Waals surface area (Å²) in [4.78, 5) is 11.9. The highest BCUT2D eigenvalue weighted by Gasteiger charge is 2.11. The summed E-state index contributed by atoms with van der Waals surface area (Å²) in [5.74, 6) is 0.308. The van der Waals surface area contributed by atoms with Gasteiger partial charge in [-0.1, -0.05) is 12.2 Å². The van der Waals surface area contributed by atoms with Crippen molar-refractivity contribution in [3.05, 3.63) is 34.2 Å². The molecule has 1 amide bonds. The number of amides is 1. The Morgan fingerprint density at radius 3 is 3.12 bits per heavy atom. The van der Waals surface area contributed by atoms with Gasteiger partial charge in [-0.15, -0.1) is 0 Å². The zero-order chi connectivity index (χ0) is 12.3. The van der Waals surface area contributed by atoms with Gasteiger partial charge in [0.2, 0.25) is 5.91 Å². The maximum absolute atomic E-state index is 11.7. The lowest BCUT2D eigenvalue weighted by Crippen LogP contribution is -2.18. The molecule has 0 bridgehead atoms. The Morgan fingerprint density at radius 1 is 1.65 bits per heavy atom. The van der Waals surface area contributed by atoms with Crippen molar-refractivity contribution in [1.82, 2.24) is 10.2 Å². The summed E-state index contributed by atoms with van der Waals surface area (Å²) in [5, 5.41) is 13.0. The predicted octanol–water partition coefficient (Wildman–Crippen LogP) is 1.29. The second-order valence-electron chi connectivity index (χ2n) is 3.38. The number of aromatic nitrogens is 2. The molecule has 0 spiro atoms. The number of hydrogen-bond donors (Lipinski definition) is 3. The van der Waals surface area contributed by atoms with Crippen LogP contribution < -0.4 is 11.1 Å². The molecule has 2 rings (SSSR count). The van der Waals surface area contributed by atoms with Crippen molar-refractivity contribution in [2.24, 2.45) is 5.73 Å². The van der Waals surface area contributed by atoms with Gasteiger partial charge in [0.15, 0.2) is 0 Å². The lowest BCUT2D eigenvalue weighted by atomic mass is 10.2. The van der Waals surface area contributed by atoms with Crippen LogP contribution in [-0.4, -0.2) is 21.1 Å². The molecule has 0 aliphatic heterocycles. The normalized spacial score (nSPS) is 10.1. The summed E-state index contributed by atoms with van der Waals surface area (Å²) in [5.41, 5.74) is 7.01. The Morgan fingerprint density at radius 2 is 2.47 bits per heavy atom. The molecule has 88 valence electrons. The number of carbonyl (C=O) groups excluding carboxylic acids is 1. The number of H-pyrrole nitrogens is 1. The van der Waals surface area contributed by atoms with Crippen molar-refractivity contribution >= 4 is 40.3 Å². The Balaban J connectivity index is 2.03. The molecule has 0 aliphatic carbocycles. The van der Waals surface area contributed by atoms with Crippen LogP contribution in [0.3, 0.4) is 0 Å². The van der Waals surface area contributed by atoms with Crippen LogP contribution >= 0.6 is 23.6 Å². The molecular weight excluding hydrogens is 256 g/mol. The topological polar surface area (TPSA) is 83.8 Å². The number of rotatable bonds is 4. The van der Waals surface area contributed by atoms with Crippen LogP contribution in [0.1, 0.15) is 11.1 Å². The largest absolute Gasteiger partial charge is 0.389 e. The van der Waals surface area contributed by atoms with Gasteiger partial charge in [-0.3, -0.25) is 9.89 Å². The third-order valence-electron chi connectivity index (χ3n) is 2.11. The molecule has 0 unspecified atom stereocenters. The number of nitrogens with one attached hydrogen (secondary N) is 2. The first kappa shape index (κ1) is 11.7. The van der Waals surface area contributed by atoms with Gasteiger partial charge < -0.3 is 11.1 Å². The van der Waals surface area contributed by atoms with Crippen LogP contribution in [0, 0.1) is 0 Å². The van der Waals surface area contributed by atoms with E-state index in [-0.39, 0.29) is 10.9 Å². The summed E-state index contributed by atoms with van der Waals surface area (Å²) in [6, 6.07) is 1.91. The molecule has 5 nitrogen and oxygen atoms in total. The van der Waals surface area contributed by atoms with Gasteiger partial charge in [-0.25, -0.2) is 0 Å². The lowest BCUT2D eigenvalue weighted by Gasteiger charge is -2.03. The van der Waals surface area contributed by atoms with E-state index in [1.165, 1.54) is 6.20 Å². The molecule has 2 aromatic heterocycles. The van der Waals surface area contributed by atoms with E-state index in [1.54, 1.807) is 11.3 Å². The van der Waals surface area contributed by atoms with Crippen LogP contribution in [0.15, 0.2) is 23.0 Å². The minimum absolute atomic E-state index is 0.134. The van der Waals surface area contributed by atoms with Crippen molar-refractivity contribution in [2.45, 2.75) is 6.42 Å². The molecule has 4 N–H and O–H groups in total. The molecule has 0 fully saturated rings. The Kier molecular flexibility index (Phi) is 3.50. The second kappa shape index (κ2) is 5.07. The molecule has 0 aromatic carbocycles.